The van der Waals surface area contributed by atoms with Gasteiger partial charge in [0.15, 0.2) is 0 Å². The second-order valence-electron chi connectivity index (χ2n) is 6.94. The van der Waals surface area contributed by atoms with E-state index in [0.29, 0.717) is 17.2 Å². The number of likely N-dealkylation sites (N-methyl/N-ethyl adjacent to an activating group) is 1. The summed E-state index contributed by atoms with van der Waals surface area (Å²) in [4.78, 5) is 12.6. The molecule has 0 atom stereocenters. The molecule has 1 N–H and O–H groups in total. The van der Waals surface area contributed by atoms with Crippen molar-refractivity contribution in [2.24, 2.45) is 0 Å². The summed E-state index contributed by atoms with van der Waals surface area (Å²) in [6.07, 6.45) is 0. The first-order valence-corrected chi connectivity index (χ1v) is 10.7. The number of rotatable bonds is 9. The summed E-state index contributed by atoms with van der Waals surface area (Å²) >= 11 is 0. The Labute approximate surface area is 177 Å². The van der Waals surface area contributed by atoms with Crippen LogP contribution in [0.25, 0.3) is 0 Å². The number of methoxy groups -OCH3 is 3. The van der Waals surface area contributed by atoms with Crippen molar-refractivity contribution >= 4 is 21.6 Å². The third-order valence-electron chi connectivity index (χ3n) is 4.59. The highest BCUT2D eigenvalue weighted by atomic mass is 32.2. The lowest BCUT2D eigenvalue weighted by molar-refractivity contribution is -0.116. The van der Waals surface area contributed by atoms with Crippen LogP contribution in [0.4, 0.5) is 5.69 Å². The maximum absolute atomic E-state index is 13.1. The zero-order valence-electron chi connectivity index (χ0n) is 18.1. The third-order valence-corrected chi connectivity index (χ3v) is 6.41. The summed E-state index contributed by atoms with van der Waals surface area (Å²) in [5.41, 5.74) is 1.24. The Kier molecular flexibility index (Phi) is 7.69. The highest BCUT2D eigenvalue weighted by Gasteiger charge is 2.27. The fraction of sp³-hybridized carbons (Fsp3) is 0.381. The van der Waals surface area contributed by atoms with E-state index < -0.39 is 22.5 Å². The van der Waals surface area contributed by atoms with Gasteiger partial charge in [-0.3, -0.25) is 4.79 Å². The molecule has 0 bridgehead atoms. The summed E-state index contributed by atoms with van der Waals surface area (Å²) < 4.78 is 42.9. The van der Waals surface area contributed by atoms with E-state index in [1.807, 2.05) is 19.9 Å². The van der Waals surface area contributed by atoms with Gasteiger partial charge in [0.2, 0.25) is 15.9 Å². The normalized spacial score (nSPS) is 11.5. The maximum Gasteiger partial charge on any atom is 0.246 e. The maximum atomic E-state index is 13.1. The Morgan fingerprint density at radius 1 is 1.00 bits per heavy atom. The minimum atomic E-state index is -3.96. The molecule has 0 aliphatic heterocycles. The zero-order valence-corrected chi connectivity index (χ0v) is 18.9. The topological polar surface area (TPSA) is 94.2 Å². The van der Waals surface area contributed by atoms with E-state index in [9.17, 15) is 13.2 Å². The number of carbonyl (C=O) groups excluding carboxylic acids is 1. The van der Waals surface area contributed by atoms with Crippen molar-refractivity contribution in [2.75, 3.05) is 40.2 Å². The SMILES string of the molecule is COc1ccc(OC)c(NC(=O)CN(C)S(=O)(=O)c2cc(C(C)C)ccc2OC)c1. The average molecular weight is 437 g/mol. The van der Waals surface area contributed by atoms with Crippen molar-refractivity contribution in [3.05, 3.63) is 42.0 Å². The molecule has 1 amide bonds. The molecule has 9 heteroatoms. The molecule has 0 unspecified atom stereocenters. The van der Waals surface area contributed by atoms with Crippen molar-refractivity contribution in [3.8, 4) is 17.2 Å². The van der Waals surface area contributed by atoms with Crippen LogP contribution in [0.2, 0.25) is 0 Å². The van der Waals surface area contributed by atoms with Crippen molar-refractivity contribution in [1.82, 2.24) is 4.31 Å². The second-order valence-corrected chi connectivity index (χ2v) is 8.95. The molecule has 2 aromatic carbocycles. The minimum Gasteiger partial charge on any atom is -0.497 e. The Balaban J connectivity index is 2.26. The van der Waals surface area contributed by atoms with Gasteiger partial charge in [0.1, 0.15) is 22.1 Å². The minimum absolute atomic E-state index is 0.0189. The Bertz CT molecular complexity index is 1000. The number of hydrogen-bond acceptors (Lipinski definition) is 6. The highest BCUT2D eigenvalue weighted by Crippen LogP contribution is 2.31. The first-order chi connectivity index (χ1) is 14.1. The largest absolute Gasteiger partial charge is 0.497 e. The van der Waals surface area contributed by atoms with E-state index in [-0.39, 0.29) is 16.6 Å². The Morgan fingerprint density at radius 2 is 1.63 bits per heavy atom. The molecule has 0 radical (unpaired) electrons. The molecule has 0 fully saturated rings. The van der Waals surface area contributed by atoms with E-state index in [2.05, 4.69) is 5.32 Å². The molecule has 0 aromatic heterocycles. The van der Waals surface area contributed by atoms with Gasteiger partial charge in [-0.05, 0) is 35.7 Å². The Hall–Kier alpha value is -2.78. The van der Waals surface area contributed by atoms with Gasteiger partial charge in [-0.25, -0.2) is 8.42 Å². The summed E-state index contributed by atoms with van der Waals surface area (Å²) in [5, 5.41) is 2.67. The third kappa shape index (κ3) is 5.22. The number of nitrogens with one attached hydrogen (secondary N) is 1. The first kappa shape index (κ1) is 23.5. The van der Waals surface area contributed by atoms with Crippen LogP contribution in [0, 0.1) is 0 Å². The number of amides is 1. The smallest absolute Gasteiger partial charge is 0.246 e. The molecular weight excluding hydrogens is 408 g/mol. The molecule has 164 valence electrons. The van der Waals surface area contributed by atoms with Crippen LogP contribution in [0.5, 0.6) is 17.2 Å². The van der Waals surface area contributed by atoms with Gasteiger partial charge in [0.25, 0.3) is 0 Å². The molecule has 0 saturated heterocycles. The molecule has 0 aliphatic rings. The summed E-state index contributed by atoms with van der Waals surface area (Å²) in [6.45, 7) is 3.55. The molecule has 0 spiro atoms. The van der Waals surface area contributed by atoms with E-state index in [1.54, 1.807) is 30.3 Å². The van der Waals surface area contributed by atoms with Crippen LogP contribution in [-0.4, -0.2) is 53.6 Å². The number of benzene rings is 2. The number of sulfonamides is 1. The van der Waals surface area contributed by atoms with Crippen molar-refractivity contribution in [3.63, 3.8) is 0 Å². The summed E-state index contributed by atoms with van der Waals surface area (Å²) in [6, 6.07) is 9.97. The van der Waals surface area contributed by atoms with Crippen molar-refractivity contribution in [2.45, 2.75) is 24.7 Å². The van der Waals surface area contributed by atoms with Crippen LogP contribution < -0.4 is 19.5 Å². The van der Waals surface area contributed by atoms with Gasteiger partial charge in [0, 0.05) is 13.1 Å². The van der Waals surface area contributed by atoms with Crippen LogP contribution in [0.1, 0.15) is 25.3 Å². The molecule has 0 saturated carbocycles. The van der Waals surface area contributed by atoms with Crippen LogP contribution in [0.15, 0.2) is 41.3 Å². The first-order valence-electron chi connectivity index (χ1n) is 9.30. The molecule has 30 heavy (non-hydrogen) atoms. The van der Waals surface area contributed by atoms with Gasteiger partial charge in [-0.1, -0.05) is 19.9 Å². The van der Waals surface area contributed by atoms with Gasteiger partial charge in [-0.15, -0.1) is 0 Å². The van der Waals surface area contributed by atoms with E-state index in [0.717, 1.165) is 9.87 Å². The zero-order chi connectivity index (χ0) is 22.5. The van der Waals surface area contributed by atoms with E-state index in [4.69, 9.17) is 14.2 Å². The highest BCUT2D eigenvalue weighted by molar-refractivity contribution is 7.89. The molecular formula is C21H28N2O6S. The van der Waals surface area contributed by atoms with E-state index in [1.165, 1.54) is 28.4 Å². The quantitative estimate of drug-likeness (QED) is 0.649. The molecule has 0 aliphatic carbocycles. The number of hydrogen-bond donors (Lipinski definition) is 1. The van der Waals surface area contributed by atoms with Gasteiger partial charge in [-0.2, -0.15) is 4.31 Å². The lowest BCUT2D eigenvalue weighted by Gasteiger charge is -2.20. The number of nitrogens with zero attached hydrogens (tertiary/aromatic N) is 1. The van der Waals surface area contributed by atoms with Crippen molar-refractivity contribution < 1.29 is 27.4 Å². The number of ether oxygens (including phenoxy) is 3. The van der Waals surface area contributed by atoms with Crippen LogP contribution in [-0.2, 0) is 14.8 Å². The molecule has 8 nitrogen and oxygen atoms in total. The van der Waals surface area contributed by atoms with Gasteiger partial charge in [0.05, 0.1) is 33.6 Å². The standard InChI is InChI=1S/C21H28N2O6S/c1-14(2)15-7-9-19(29-6)20(11-15)30(25,26)23(3)13-21(24)22-17-12-16(27-4)8-10-18(17)28-5/h7-12,14H,13H2,1-6H3,(H,22,24). The van der Waals surface area contributed by atoms with Gasteiger partial charge >= 0.3 is 0 Å². The lowest BCUT2D eigenvalue weighted by atomic mass is 10.0. The Morgan fingerprint density at radius 3 is 2.20 bits per heavy atom. The monoisotopic (exact) mass is 436 g/mol. The van der Waals surface area contributed by atoms with E-state index >= 15 is 0 Å². The van der Waals surface area contributed by atoms with Crippen molar-refractivity contribution in [1.29, 1.82) is 0 Å². The molecule has 0 heterocycles. The number of carbonyl (C=O) groups is 1. The summed E-state index contributed by atoms with van der Waals surface area (Å²) in [7, 11) is 1.77. The molecule has 2 aromatic rings. The predicted octanol–water partition coefficient (Wildman–Crippen LogP) is 3.10. The average Bonchev–Trinajstić information content (AvgIpc) is 2.72. The second kappa shape index (κ2) is 9.82. The van der Waals surface area contributed by atoms with Crippen LogP contribution >= 0.6 is 0 Å². The van der Waals surface area contributed by atoms with Crippen LogP contribution in [0.3, 0.4) is 0 Å². The summed E-state index contributed by atoms with van der Waals surface area (Å²) in [5.74, 6) is 0.801. The predicted molar refractivity (Wildman–Crippen MR) is 115 cm³/mol. The lowest BCUT2D eigenvalue weighted by Crippen LogP contribution is -2.35. The fourth-order valence-electron chi connectivity index (χ4n) is 2.81. The number of anilines is 1. The van der Waals surface area contributed by atoms with Gasteiger partial charge < -0.3 is 19.5 Å². The molecule has 2 rings (SSSR count). The fourth-order valence-corrected chi connectivity index (χ4v) is 4.12.